The summed E-state index contributed by atoms with van der Waals surface area (Å²) in [5, 5.41) is 4.67. The zero-order chi connectivity index (χ0) is 42.1. The van der Waals surface area contributed by atoms with Crippen molar-refractivity contribution >= 4 is 49.6 Å². The molecule has 12 rings (SSSR count). The van der Waals surface area contributed by atoms with Gasteiger partial charge in [0.15, 0.2) is 11.6 Å². The predicted octanol–water partition coefficient (Wildman–Crippen LogP) is 14.9. The fraction of sp³-hybridized carbons (Fsp3) is 0.0517. The molecule has 298 valence electrons. The predicted molar refractivity (Wildman–Crippen MR) is 260 cm³/mol. The van der Waals surface area contributed by atoms with Gasteiger partial charge in [-0.3, -0.25) is 4.57 Å². The number of hydrogen-bond acceptors (Lipinski definition) is 4. The van der Waals surface area contributed by atoms with E-state index < -0.39 is 0 Å². The Bertz CT molecular complexity index is 3520. The quantitative estimate of drug-likeness (QED) is 0.168. The summed E-state index contributed by atoms with van der Waals surface area (Å²) in [5.74, 6) is 1.81. The Balaban J connectivity index is 1.06. The van der Waals surface area contributed by atoms with Crippen molar-refractivity contribution in [1.29, 1.82) is 0 Å². The first kappa shape index (κ1) is 36.7. The number of hydrogen-bond donors (Lipinski definition) is 0. The molecule has 0 fully saturated rings. The topological polar surface area (TPSA) is 46.8 Å². The minimum atomic E-state index is -0.183. The van der Waals surface area contributed by atoms with E-state index in [0.29, 0.717) is 17.6 Å². The fourth-order valence-corrected chi connectivity index (χ4v) is 9.69. The van der Waals surface area contributed by atoms with E-state index in [2.05, 4.69) is 211 Å². The van der Waals surface area contributed by atoms with Crippen molar-refractivity contribution in [2.75, 3.05) is 4.90 Å². The highest BCUT2D eigenvalue weighted by Crippen LogP contribution is 2.52. The molecule has 0 saturated heterocycles. The van der Waals surface area contributed by atoms with Crippen LogP contribution in [0.25, 0.3) is 83.6 Å². The van der Waals surface area contributed by atoms with Gasteiger partial charge in [-0.2, -0.15) is 9.97 Å². The maximum atomic E-state index is 5.29. The molecule has 63 heavy (non-hydrogen) atoms. The average Bonchev–Trinajstić information content (AvgIpc) is 3.69. The lowest BCUT2D eigenvalue weighted by molar-refractivity contribution is 0.632. The molecule has 3 heterocycles. The van der Waals surface area contributed by atoms with Crippen molar-refractivity contribution in [2.45, 2.75) is 19.3 Å². The molecule has 2 aromatic heterocycles. The van der Waals surface area contributed by atoms with Crippen molar-refractivity contribution in [3.05, 3.63) is 223 Å². The molecule has 5 nitrogen and oxygen atoms in total. The third-order valence-corrected chi connectivity index (χ3v) is 12.8. The van der Waals surface area contributed by atoms with Crippen LogP contribution in [0.1, 0.15) is 25.0 Å². The normalized spacial score (nSPS) is 13.0. The van der Waals surface area contributed by atoms with E-state index in [-0.39, 0.29) is 5.41 Å². The summed E-state index contributed by atoms with van der Waals surface area (Å²) >= 11 is 0. The van der Waals surface area contributed by atoms with Gasteiger partial charge in [-0.1, -0.05) is 184 Å². The van der Waals surface area contributed by atoms with E-state index >= 15 is 0 Å². The third kappa shape index (κ3) is 6.04. The van der Waals surface area contributed by atoms with Gasteiger partial charge in [-0.25, -0.2) is 4.98 Å². The van der Waals surface area contributed by atoms with Gasteiger partial charge in [0.1, 0.15) is 0 Å². The molecule has 0 radical (unpaired) electrons. The number of anilines is 3. The molecule has 0 bridgehead atoms. The van der Waals surface area contributed by atoms with Crippen LogP contribution in [0.4, 0.5) is 17.1 Å². The van der Waals surface area contributed by atoms with E-state index in [0.717, 1.165) is 49.9 Å². The second-order valence-corrected chi connectivity index (χ2v) is 16.9. The lowest BCUT2D eigenvalue weighted by Gasteiger charge is -2.42. The standard InChI is InChI=1S/C58H41N5/c1-58(2)48-24-14-15-25-51(48)62(45-21-10-5-11-22-45)53-37-44(30-33-49(53)58)43-32-34-50-47(36-43)54-46-23-13-12-18-40(46)31-35-52(54)63(50)57-60-55(41-19-8-4-9-20-41)59-56(61-57)42-28-26-39(27-29-42)38-16-6-3-7-17-38/h3-37H,1-2H3. The Hall–Kier alpha value is -8.15. The molecule has 0 amide bonds. The molecule has 0 spiro atoms. The van der Waals surface area contributed by atoms with Crippen LogP contribution in [0.5, 0.6) is 0 Å². The second-order valence-electron chi connectivity index (χ2n) is 16.9. The lowest BCUT2D eigenvalue weighted by atomic mass is 9.73. The Labute approximate surface area is 366 Å². The van der Waals surface area contributed by atoms with Crippen molar-refractivity contribution in [3.8, 4) is 51.0 Å². The summed E-state index contributed by atoms with van der Waals surface area (Å²) in [6.07, 6.45) is 0. The van der Waals surface area contributed by atoms with Gasteiger partial charge in [-0.15, -0.1) is 0 Å². The molecule has 0 atom stereocenters. The second kappa shape index (κ2) is 14.5. The van der Waals surface area contributed by atoms with Gasteiger partial charge in [0.05, 0.1) is 22.4 Å². The van der Waals surface area contributed by atoms with Crippen LogP contribution < -0.4 is 4.90 Å². The Morgan fingerprint density at radius 1 is 0.381 bits per heavy atom. The van der Waals surface area contributed by atoms with E-state index in [4.69, 9.17) is 15.0 Å². The molecular formula is C58H41N5. The largest absolute Gasteiger partial charge is 0.310 e. The van der Waals surface area contributed by atoms with Gasteiger partial charge in [0.2, 0.25) is 5.95 Å². The molecule has 0 aliphatic carbocycles. The van der Waals surface area contributed by atoms with E-state index in [1.54, 1.807) is 0 Å². The summed E-state index contributed by atoms with van der Waals surface area (Å²) in [6, 6.07) is 75.6. The first-order valence-corrected chi connectivity index (χ1v) is 21.5. The van der Waals surface area contributed by atoms with Crippen LogP contribution >= 0.6 is 0 Å². The van der Waals surface area contributed by atoms with Gasteiger partial charge in [-0.05, 0) is 86.6 Å². The van der Waals surface area contributed by atoms with E-state index in [1.807, 2.05) is 24.3 Å². The highest BCUT2D eigenvalue weighted by atomic mass is 15.2. The number of benzene rings is 9. The molecule has 5 heteroatoms. The molecular weight excluding hydrogens is 767 g/mol. The van der Waals surface area contributed by atoms with E-state index in [9.17, 15) is 0 Å². The fourth-order valence-electron chi connectivity index (χ4n) is 9.69. The maximum absolute atomic E-state index is 5.29. The minimum absolute atomic E-state index is 0.183. The van der Waals surface area contributed by atoms with Gasteiger partial charge in [0, 0.05) is 33.0 Å². The van der Waals surface area contributed by atoms with Crippen molar-refractivity contribution in [3.63, 3.8) is 0 Å². The van der Waals surface area contributed by atoms with Crippen LogP contribution in [0, 0.1) is 0 Å². The van der Waals surface area contributed by atoms with Crippen LogP contribution in [0.3, 0.4) is 0 Å². The van der Waals surface area contributed by atoms with Gasteiger partial charge < -0.3 is 4.90 Å². The monoisotopic (exact) mass is 807 g/mol. The number of aromatic nitrogens is 4. The molecule has 1 aliphatic heterocycles. The summed E-state index contributed by atoms with van der Waals surface area (Å²) in [6.45, 7) is 4.68. The van der Waals surface area contributed by atoms with Crippen LogP contribution in [-0.4, -0.2) is 19.5 Å². The molecule has 0 unspecified atom stereocenters. The van der Waals surface area contributed by atoms with Crippen LogP contribution in [-0.2, 0) is 5.41 Å². The van der Waals surface area contributed by atoms with Gasteiger partial charge >= 0.3 is 0 Å². The molecule has 9 aromatic carbocycles. The van der Waals surface area contributed by atoms with Gasteiger partial charge in [0.25, 0.3) is 0 Å². The highest BCUT2D eigenvalue weighted by molar-refractivity contribution is 6.21. The number of fused-ring (bicyclic) bond motifs is 7. The molecule has 0 N–H and O–H groups in total. The Morgan fingerprint density at radius 2 is 0.921 bits per heavy atom. The number of para-hydroxylation sites is 2. The van der Waals surface area contributed by atoms with Crippen molar-refractivity contribution in [1.82, 2.24) is 19.5 Å². The highest BCUT2D eigenvalue weighted by Gasteiger charge is 2.37. The molecule has 11 aromatic rings. The van der Waals surface area contributed by atoms with Crippen molar-refractivity contribution < 1.29 is 0 Å². The zero-order valence-electron chi connectivity index (χ0n) is 34.9. The lowest BCUT2D eigenvalue weighted by Crippen LogP contribution is -2.30. The van der Waals surface area contributed by atoms with Crippen LogP contribution in [0.2, 0.25) is 0 Å². The minimum Gasteiger partial charge on any atom is -0.310 e. The van der Waals surface area contributed by atoms with Crippen molar-refractivity contribution in [2.24, 2.45) is 0 Å². The smallest absolute Gasteiger partial charge is 0.238 e. The maximum Gasteiger partial charge on any atom is 0.238 e. The number of rotatable bonds is 6. The third-order valence-electron chi connectivity index (χ3n) is 12.8. The first-order chi connectivity index (χ1) is 31.0. The van der Waals surface area contributed by atoms with Crippen LogP contribution in [0.15, 0.2) is 212 Å². The number of nitrogens with zero attached hydrogens (tertiary/aromatic N) is 5. The summed E-state index contributed by atoms with van der Waals surface area (Å²) in [4.78, 5) is 18.1. The first-order valence-electron chi connectivity index (χ1n) is 21.5. The molecule has 0 saturated carbocycles. The van der Waals surface area contributed by atoms with E-state index in [1.165, 1.54) is 44.2 Å². The average molecular weight is 808 g/mol. The summed E-state index contributed by atoms with van der Waals surface area (Å²) < 4.78 is 2.22. The Kier molecular flexibility index (Phi) is 8.44. The Morgan fingerprint density at radius 3 is 1.68 bits per heavy atom. The summed E-state index contributed by atoms with van der Waals surface area (Å²) in [7, 11) is 0. The SMILES string of the molecule is CC1(C)c2ccccc2N(c2ccccc2)c2cc(-c3ccc4c(c3)c3c5ccccc5ccc3n4-c3nc(-c4ccccc4)nc(-c4ccc(-c5ccccc5)cc4)n3)ccc21. The zero-order valence-corrected chi connectivity index (χ0v) is 34.9. The summed E-state index contributed by atoms with van der Waals surface area (Å²) in [5.41, 5.74) is 14.5. The molecule has 1 aliphatic rings.